The molecule has 8 atom stereocenters. The zero-order valence-corrected chi connectivity index (χ0v) is 32.0. The first-order valence-corrected chi connectivity index (χ1v) is 22.7. The molecule has 7 saturated carbocycles. The molecule has 1 aliphatic heterocycles. The first-order chi connectivity index (χ1) is 25.1. The highest BCUT2D eigenvalue weighted by Crippen LogP contribution is 2.56. The second kappa shape index (κ2) is 16.2. The van der Waals surface area contributed by atoms with Crippen LogP contribution in [0.5, 0.6) is 0 Å². The number of alkyl halides is 6. The molecule has 0 aromatic carbocycles. The fraction of sp³-hybridized carbons (Fsp3) is 1.00. The highest BCUT2D eigenvalue weighted by molar-refractivity contribution is 5.08. The second-order valence-electron chi connectivity index (χ2n) is 19.8. The van der Waals surface area contributed by atoms with Crippen LogP contribution in [0.2, 0.25) is 0 Å². The Bertz CT molecular complexity index is 1110. The second-order valence-corrected chi connectivity index (χ2v) is 19.8. The number of halogens is 6. The summed E-state index contributed by atoms with van der Waals surface area (Å²) in [5, 5.41) is 0. The lowest BCUT2D eigenvalue weighted by Gasteiger charge is -2.50. The number of fused-ring (bicyclic) bond motifs is 3. The van der Waals surface area contributed by atoms with Crippen LogP contribution in [-0.2, 0) is 0 Å². The van der Waals surface area contributed by atoms with Crippen molar-refractivity contribution in [1.29, 1.82) is 0 Å². The van der Waals surface area contributed by atoms with Crippen LogP contribution < -0.4 is 0 Å². The minimum atomic E-state index is -4.77. The molecule has 0 bridgehead atoms. The topological polar surface area (TPSA) is 6.48 Å². The number of hydrogen-bond donors (Lipinski definition) is 0. The van der Waals surface area contributed by atoms with Gasteiger partial charge in [-0.05, 0) is 164 Å². The molecule has 52 heavy (non-hydrogen) atoms. The Hall–Kier alpha value is -0.500. The summed E-state index contributed by atoms with van der Waals surface area (Å²) in [5.74, 6) is -1.34. The highest BCUT2D eigenvalue weighted by atomic mass is 19.4. The first kappa shape index (κ1) is 38.4. The molecule has 8 fully saturated rings. The van der Waals surface area contributed by atoms with Crippen molar-refractivity contribution in [2.45, 2.75) is 228 Å². The van der Waals surface area contributed by atoms with E-state index in [4.69, 9.17) is 0 Å². The van der Waals surface area contributed by atoms with E-state index in [1.807, 2.05) is 0 Å². The fourth-order valence-electron chi connectivity index (χ4n) is 15.1. The van der Waals surface area contributed by atoms with Gasteiger partial charge in [0.15, 0.2) is 0 Å². The molecular formula is C44H70F6N2. The molecule has 0 spiro atoms. The van der Waals surface area contributed by atoms with E-state index in [-0.39, 0.29) is 24.7 Å². The lowest BCUT2D eigenvalue weighted by atomic mass is 9.63. The first-order valence-electron chi connectivity index (χ1n) is 22.7. The molecule has 8 aliphatic rings. The minimum Gasteiger partial charge on any atom is -0.294 e. The number of rotatable bonds is 6. The molecule has 1 saturated heterocycles. The van der Waals surface area contributed by atoms with Gasteiger partial charge in [-0.3, -0.25) is 9.80 Å². The Morgan fingerprint density at radius 2 is 0.846 bits per heavy atom. The van der Waals surface area contributed by atoms with Crippen LogP contribution in [0.25, 0.3) is 0 Å². The van der Waals surface area contributed by atoms with Crippen molar-refractivity contribution in [1.82, 2.24) is 9.80 Å². The summed E-state index contributed by atoms with van der Waals surface area (Å²) in [5.41, 5.74) is 0. The van der Waals surface area contributed by atoms with Crippen molar-refractivity contribution < 1.29 is 26.3 Å². The Balaban J connectivity index is 0.865. The van der Waals surface area contributed by atoms with Gasteiger partial charge in [0.25, 0.3) is 0 Å². The van der Waals surface area contributed by atoms with Crippen LogP contribution in [0.4, 0.5) is 26.3 Å². The third-order valence-corrected chi connectivity index (χ3v) is 17.4. The van der Waals surface area contributed by atoms with Crippen LogP contribution in [-0.4, -0.2) is 58.4 Å². The average Bonchev–Trinajstić information content (AvgIpc) is 3.49. The third kappa shape index (κ3) is 8.02. The normalized spacial score (nSPS) is 43.7. The molecule has 7 aliphatic carbocycles. The van der Waals surface area contributed by atoms with Gasteiger partial charge in [0.2, 0.25) is 0 Å². The molecule has 0 radical (unpaired) electrons. The van der Waals surface area contributed by atoms with E-state index in [9.17, 15) is 26.3 Å². The maximum atomic E-state index is 13.8. The lowest BCUT2D eigenvalue weighted by Crippen LogP contribution is -2.55. The quantitative estimate of drug-likeness (QED) is 0.250. The van der Waals surface area contributed by atoms with Crippen molar-refractivity contribution in [2.24, 2.45) is 47.3 Å². The molecule has 0 aromatic heterocycles. The summed E-state index contributed by atoms with van der Waals surface area (Å²) < 4.78 is 81.9. The third-order valence-electron chi connectivity index (χ3n) is 17.4. The standard InChI is InChI=1S/C44H70F6N2/c45-43(46,47)39-25-21-32(27-40(39)44(48,49)50)31-17-15-29(16-18-31)30-19-22-35(23-20-30)52-41-14-8-7-13-37(41)38-28-36(24-26-42(38)52)51(33-9-3-1-4-10-33)34-11-5-2-6-12-34/h29-42H,1-28H2. The van der Waals surface area contributed by atoms with E-state index < -0.39 is 24.2 Å². The van der Waals surface area contributed by atoms with Crippen molar-refractivity contribution in [3.8, 4) is 0 Å². The van der Waals surface area contributed by atoms with Crippen LogP contribution >= 0.6 is 0 Å². The molecule has 8 rings (SSSR count). The van der Waals surface area contributed by atoms with Gasteiger partial charge in [-0.2, -0.15) is 26.3 Å². The van der Waals surface area contributed by atoms with E-state index in [2.05, 4.69) is 9.80 Å². The van der Waals surface area contributed by atoms with Crippen LogP contribution in [0.1, 0.15) is 180 Å². The smallest absolute Gasteiger partial charge is 0.294 e. The Morgan fingerprint density at radius 1 is 0.365 bits per heavy atom. The predicted octanol–water partition coefficient (Wildman–Crippen LogP) is 12.9. The maximum absolute atomic E-state index is 13.8. The SMILES string of the molecule is FC(F)(F)C1CCC(C2CCC(C3CCC(N4C5CCCCC5C5CC(N(C6CCCCC6)C6CCCCC6)CCC54)CC3)CC2)CC1C(F)(F)F. The van der Waals surface area contributed by atoms with Crippen LogP contribution in [0.15, 0.2) is 0 Å². The number of likely N-dealkylation sites (tertiary alicyclic amines) is 1. The van der Waals surface area contributed by atoms with E-state index >= 15 is 0 Å². The monoisotopic (exact) mass is 741 g/mol. The van der Waals surface area contributed by atoms with E-state index in [0.29, 0.717) is 12.3 Å². The van der Waals surface area contributed by atoms with Crippen molar-refractivity contribution >= 4 is 0 Å². The molecule has 2 nitrogen and oxygen atoms in total. The van der Waals surface area contributed by atoms with Crippen LogP contribution in [0, 0.1) is 47.3 Å². The summed E-state index contributed by atoms with van der Waals surface area (Å²) >= 11 is 0. The summed E-state index contributed by atoms with van der Waals surface area (Å²) in [6.07, 6.45) is 23.5. The number of nitrogens with zero attached hydrogens (tertiary/aromatic N) is 2. The van der Waals surface area contributed by atoms with Gasteiger partial charge in [-0.15, -0.1) is 0 Å². The van der Waals surface area contributed by atoms with E-state index in [0.717, 1.165) is 79.7 Å². The van der Waals surface area contributed by atoms with Crippen molar-refractivity contribution in [3.05, 3.63) is 0 Å². The fourth-order valence-corrected chi connectivity index (χ4v) is 15.1. The number of hydrogen-bond acceptors (Lipinski definition) is 2. The largest absolute Gasteiger partial charge is 0.392 e. The summed E-state index contributed by atoms with van der Waals surface area (Å²) in [6.45, 7) is 0. The summed E-state index contributed by atoms with van der Waals surface area (Å²) in [7, 11) is 0. The van der Waals surface area contributed by atoms with Crippen molar-refractivity contribution in [3.63, 3.8) is 0 Å². The van der Waals surface area contributed by atoms with Gasteiger partial charge in [0.05, 0.1) is 11.8 Å². The van der Waals surface area contributed by atoms with E-state index in [1.165, 1.54) is 135 Å². The maximum Gasteiger partial charge on any atom is 0.392 e. The molecule has 0 aromatic rings. The Morgan fingerprint density at radius 3 is 1.42 bits per heavy atom. The zero-order chi connectivity index (χ0) is 36.0. The van der Waals surface area contributed by atoms with Gasteiger partial charge in [-0.25, -0.2) is 0 Å². The molecule has 8 unspecified atom stereocenters. The lowest BCUT2D eigenvalue weighted by molar-refractivity contribution is -0.267. The average molecular weight is 741 g/mol. The van der Waals surface area contributed by atoms with Crippen molar-refractivity contribution in [2.75, 3.05) is 0 Å². The molecule has 0 amide bonds. The highest BCUT2D eigenvalue weighted by Gasteiger charge is 2.58. The van der Waals surface area contributed by atoms with Gasteiger partial charge in [0.1, 0.15) is 0 Å². The molecule has 0 N–H and O–H groups in total. The predicted molar refractivity (Wildman–Crippen MR) is 196 cm³/mol. The molecule has 298 valence electrons. The minimum absolute atomic E-state index is 0.165. The summed E-state index contributed by atoms with van der Waals surface area (Å²) in [4.78, 5) is 6.33. The molecular weight excluding hydrogens is 670 g/mol. The summed E-state index contributed by atoms with van der Waals surface area (Å²) in [6, 6.07) is 4.79. The molecule has 8 heteroatoms. The molecule has 1 heterocycles. The van der Waals surface area contributed by atoms with Gasteiger partial charge in [0, 0.05) is 36.3 Å². The van der Waals surface area contributed by atoms with Crippen LogP contribution in [0.3, 0.4) is 0 Å². The Kier molecular flexibility index (Phi) is 11.9. The van der Waals surface area contributed by atoms with E-state index in [1.54, 1.807) is 0 Å². The van der Waals surface area contributed by atoms with Gasteiger partial charge in [-0.1, -0.05) is 51.4 Å². The zero-order valence-electron chi connectivity index (χ0n) is 32.0. The van der Waals surface area contributed by atoms with Gasteiger partial charge >= 0.3 is 12.4 Å². The Labute approximate surface area is 311 Å². The van der Waals surface area contributed by atoms with Gasteiger partial charge < -0.3 is 0 Å².